The minimum absolute atomic E-state index is 0.889. The predicted molar refractivity (Wildman–Crippen MR) is 168 cm³/mol. The Kier molecular flexibility index (Phi) is 3.62. The van der Waals surface area contributed by atoms with Gasteiger partial charge in [0.15, 0.2) is 0 Å². The van der Waals surface area contributed by atoms with Crippen molar-refractivity contribution in [2.45, 2.75) is 0 Å². The van der Waals surface area contributed by atoms with Crippen LogP contribution in [-0.4, -0.2) is 15.9 Å². The van der Waals surface area contributed by atoms with E-state index in [4.69, 9.17) is 4.74 Å². The van der Waals surface area contributed by atoms with Crippen LogP contribution in [0.4, 0.5) is 0 Å². The monoisotopic (exact) mass is 510 g/mol. The molecule has 0 saturated carbocycles. The minimum Gasteiger partial charge on any atom is -0.497 e. The average Bonchev–Trinajstić information content (AvgIpc) is 3.73. The maximum Gasteiger partial charge on any atom is 0.119 e. The third-order valence-electron chi connectivity index (χ3n) is 9.06. The normalized spacial score (nSPS) is 12.6. The SMILES string of the molecule is COc1ccc2c(c1)c1cccc3c4cc(-c5cc6c7ccccc7n7c8ccccc8c(c5)c67)ccc4n2c13. The van der Waals surface area contributed by atoms with Crippen molar-refractivity contribution in [1.82, 2.24) is 8.80 Å². The Morgan fingerprint density at radius 1 is 0.400 bits per heavy atom. The Morgan fingerprint density at radius 3 is 1.55 bits per heavy atom. The van der Waals surface area contributed by atoms with Crippen LogP contribution in [0.5, 0.6) is 5.75 Å². The Hall–Kier alpha value is -5.28. The molecule has 0 spiro atoms. The molecule has 186 valence electrons. The highest BCUT2D eigenvalue weighted by molar-refractivity contribution is 6.26. The summed E-state index contributed by atoms with van der Waals surface area (Å²) in [6.45, 7) is 0. The van der Waals surface area contributed by atoms with Crippen LogP contribution in [0.1, 0.15) is 0 Å². The van der Waals surface area contributed by atoms with Gasteiger partial charge >= 0.3 is 0 Å². The molecule has 10 rings (SSSR count). The summed E-state index contributed by atoms with van der Waals surface area (Å²) in [5, 5.41) is 10.3. The minimum atomic E-state index is 0.889. The van der Waals surface area contributed by atoms with Crippen molar-refractivity contribution in [3.8, 4) is 16.9 Å². The molecule has 4 heterocycles. The maximum absolute atomic E-state index is 5.55. The topological polar surface area (TPSA) is 18.1 Å². The molecule has 0 aliphatic carbocycles. The molecule has 3 heteroatoms. The number of rotatable bonds is 2. The summed E-state index contributed by atoms with van der Waals surface area (Å²) < 4.78 is 10.4. The molecule has 3 nitrogen and oxygen atoms in total. The van der Waals surface area contributed by atoms with Crippen LogP contribution in [0.2, 0.25) is 0 Å². The first kappa shape index (κ1) is 20.7. The molecule has 0 fully saturated rings. The van der Waals surface area contributed by atoms with Crippen LogP contribution < -0.4 is 4.74 Å². The summed E-state index contributed by atoms with van der Waals surface area (Å²) >= 11 is 0. The molecule has 0 saturated heterocycles. The van der Waals surface area contributed by atoms with E-state index >= 15 is 0 Å². The van der Waals surface area contributed by atoms with Gasteiger partial charge in [0.2, 0.25) is 0 Å². The van der Waals surface area contributed by atoms with Crippen LogP contribution in [0.25, 0.3) is 87.3 Å². The van der Waals surface area contributed by atoms with Crippen molar-refractivity contribution in [3.05, 3.63) is 115 Å². The third-order valence-corrected chi connectivity index (χ3v) is 9.06. The van der Waals surface area contributed by atoms with Gasteiger partial charge in [0.25, 0.3) is 0 Å². The van der Waals surface area contributed by atoms with Gasteiger partial charge in [-0.2, -0.15) is 0 Å². The molecular formula is C37H22N2O. The Bertz CT molecular complexity index is 2550. The zero-order chi connectivity index (χ0) is 26.1. The van der Waals surface area contributed by atoms with Crippen molar-refractivity contribution >= 4 is 76.2 Å². The van der Waals surface area contributed by atoms with E-state index in [1.807, 2.05) is 0 Å². The molecule has 10 aromatic rings. The Morgan fingerprint density at radius 2 is 0.900 bits per heavy atom. The van der Waals surface area contributed by atoms with Crippen molar-refractivity contribution in [3.63, 3.8) is 0 Å². The lowest BCUT2D eigenvalue weighted by Crippen LogP contribution is -1.84. The van der Waals surface area contributed by atoms with Gasteiger partial charge in [-0.3, -0.25) is 0 Å². The second-order valence-electron chi connectivity index (χ2n) is 10.9. The maximum atomic E-state index is 5.55. The van der Waals surface area contributed by atoms with Crippen molar-refractivity contribution < 1.29 is 4.74 Å². The number of aromatic nitrogens is 2. The van der Waals surface area contributed by atoms with Gasteiger partial charge in [-0.05, 0) is 65.7 Å². The molecule has 0 amide bonds. The lowest BCUT2D eigenvalue weighted by atomic mass is 9.98. The lowest BCUT2D eigenvalue weighted by molar-refractivity contribution is 0.415. The molecule has 0 bridgehead atoms. The molecule has 4 aromatic heterocycles. The highest BCUT2D eigenvalue weighted by atomic mass is 16.5. The highest BCUT2D eigenvalue weighted by Gasteiger charge is 2.20. The number of benzene rings is 6. The first-order chi connectivity index (χ1) is 19.8. The third kappa shape index (κ3) is 2.34. The first-order valence-corrected chi connectivity index (χ1v) is 13.7. The number of hydrogen-bond acceptors (Lipinski definition) is 1. The van der Waals surface area contributed by atoms with Crippen LogP contribution in [0, 0.1) is 0 Å². The molecule has 0 atom stereocenters. The molecule has 0 N–H and O–H groups in total. The number of para-hydroxylation sites is 3. The van der Waals surface area contributed by atoms with Crippen molar-refractivity contribution in [1.29, 1.82) is 0 Å². The van der Waals surface area contributed by atoms with Crippen LogP contribution in [0.15, 0.2) is 115 Å². The first-order valence-electron chi connectivity index (χ1n) is 13.7. The number of fused-ring (bicyclic) bond motifs is 12. The Labute approximate surface area is 228 Å². The van der Waals surface area contributed by atoms with Crippen molar-refractivity contribution in [2.24, 2.45) is 0 Å². The fourth-order valence-corrected chi connectivity index (χ4v) is 7.39. The zero-order valence-corrected chi connectivity index (χ0v) is 21.8. The fourth-order valence-electron chi connectivity index (χ4n) is 7.39. The number of hydrogen-bond donors (Lipinski definition) is 0. The summed E-state index contributed by atoms with van der Waals surface area (Å²) in [5.74, 6) is 0.889. The van der Waals surface area contributed by atoms with Gasteiger partial charge in [-0.15, -0.1) is 0 Å². The number of ether oxygens (including phenoxy) is 1. The van der Waals surface area contributed by atoms with E-state index in [1.54, 1.807) is 7.11 Å². The molecule has 6 aromatic carbocycles. The second kappa shape index (κ2) is 7.02. The van der Waals surface area contributed by atoms with Gasteiger partial charge in [0, 0.05) is 43.1 Å². The quantitative estimate of drug-likeness (QED) is 0.226. The van der Waals surface area contributed by atoms with Gasteiger partial charge in [0.05, 0.1) is 40.2 Å². The molecule has 0 aliphatic rings. The van der Waals surface area contributed by atoms with Gasteiger partial charge in [-0.25, -0.2) is 0 Å². The molecule has 0 radical (unpaired) electrons. The molecule has 0 aliphatic heterocycles. The molecule has 0 unspecified atom stereocenters. The van der Waals surface area contributed by atoms with Gasteiger partial charge in [0.1, 0.15) is 5.75 Å². The molecule has 40 heavy (non-hydrogen) atoms. The zero-order valence-electron chi connectivity index (χ0n) is 21.8. The van der Waals surface area contributed by atoms with Crippen LogP contribution in [-0.2, 0) is 0 Å². The van der Waals surface area contributed by atoms with Crippen molar-refractivity contribution in [2.75, 3.05) is 7.11 Å². The van der Waals surface area contributed by atoms with E-state index in [2.05, 4.69) is 124 Å². The summed E-state index contributed by atoms with van der Waals surface area (Å²) in [4.78, 5) is 0. The van der Waals surface area contributed by atoms with Crippen LogP contribution in [0.3, 0.4) is 0 Å². The van der Waals surface area contributed by atoms with Gasteiger partial charge < -0.3 is 13.5 Å². The largest absolute Gasteiger partial charge is 0.497 e. The van der Waals surface area contributed by atoms with E-state index in [0.29, 0.717) is 0 Å². The van der Waals surface area contributed by atoms with Crippen LogP contribution >= 0.6 is 0 Å². The van der Waals surface area contributed by atoms with E-state index in [1.165, 1.54) is 87.3 Å². The fraction of sp³-hybridized carbons (Fsp3) is 0.0270. The molecular weight excluding hydrogens is 488 g/mol. The van der Waals surface area contributed by atoms with Gasteiger partial charge in [-0.1, -0.05) is 60.7 Å². The van der Waals surface area contributed by atoms with E-state index in [9.17, 15) is 0 Å². The van der Waals surface area contributed by atoms with E-state index in [-0.39, 0.29) is 0 Å². The second-order valence-corrected chi connectivity index (χ2v) is 10.9. The standard InChI is InChI=1S/C37H22N2O/c1-40-23-14-16-35-29(20-23)27-10-6-9-26-28-17-21(13-15-34(28)39(35)36(26)27)22-18-30-24-7-2-4-11-32(24)38-33-12-5-3-8-25(33)31(19-22)37(30)38/h2-20H,1H3. The summed E-state index contributed by atoms with van der Waals surface area (Å²) in [6.07, 6.45) is 0. The van der Waals surface area contributed by atoms with E-state index in [0.717, 1.165) is 5.75 Å². The smallest absolute Gasteiger partial charge is 0.119 e. The average molecular weight is 511 g/mol. The Balaban J connectivity index is 1.31. The summed E-state index contributed by atoms with van der Waals surface area (Å²) in [6, 6.07) is 42.4. The number of nitrogens with zero attached hydrogens (tertiary/aromatic N) is 2. The lowest BCUT2D eigenvalue weighted by Gasteiger charge is -2.06. The predicted octanol–water partition coefficient (Wildman–Crippen LogP) is 9.66. The summed E-state index contributed by atoms with van der Waals surface area (Å²) in [7, 11) is 1.73. The number of methoxy groups -OCH3 is 1. The van der Waals surface area contributed by atoms with E-state index < -0.39 is 0 Å². The summed E-state index contributed by atoms with van der Waals surface area (Å²) in [5.41, 5.74) is 10.1. The highest BCUT2D eigenvalue weighted by Crippen LogP contribution is 2.44.